The molecule has 1 fully saturated rings. The Morgan fingerprint density at radius 1 is 0.579 bits per heavy atom. The van der Waals surface area contributed by atoms with Crippen molar-refractivity contribution in [2.45, 2.75) is 22.6 Å². The highest BCUT2D eigenvalue weighted by Gasteiger charge is 2.50. The molecule has 10 heteroatoms. The number of fused-ring (bicyclic) bond motifs is 2. The molecule has 0 N–H and O–H groups in total. The molecule has 7 rings (SSSR count). The molecule has 4 atom stereocenters. The highest BCUT2D eigenvalue weighted by Crippen LogP contribution is 2.51. The van der Waals surface area contributed by atoms with E-state index in [4.69, 9.17) is 23.2 Å². The first-order valence-electron chi connectivity index (χ1n) is 12.1. The summed E-state index contributed by atoms with van der Waals surface area (Å²) in [6.07, 6.45) is 5.95. The van der Waals surface area contributed by atoms with Crippen molar-refractivity contribution in [2.75, 3.05) is 0 Å². The number of rotatable bonds is 4. The van der Waals surface area contributed by atoms with Crippen LogP contribution in [0.5, 0.6) is 0 Å². The molecule has 0 saturated heterocycles. The molecule has 0 radical (unpaired) electrons. The summed E-state index contributed by atoms with van der Waals surface area (Å²) in [5, 5.41) is 0.856. The molecule has 4 aliphatic rings. The molecule has 6 nitrogen and oxygen atoms in total. The minimum Gasteiger partial charge on any atom is -0.199 e. The molecule has 4 unspecified atom stereocenters. The van der Waals surface area contributed by atoms with Crippen LogP contribution in [0.25, 0.3) is 0 Å². The predicted octanol–water partition coefficient (Wildman–Crippen LogP) is 6.19. The summed E-state index contributed by atoms with van der Waals surface area (Å²) in [4.78, 5) is 0.0921. The Labute approximate surface area is 231 Å². The molecular weight excluding hydrogens is 563 g/mol. The molecule has 4 aliphatic carbocycles. The van der Waals surface area contributed by atoms with Crippen molar-refractivity contribution < 1.29 is 16.8 Å². The van der Waals surface area contributed by atoms with Crippen molar-refractivity contribution in [3.8, 4) is 0 Å². The lowest BCUT2D eigenvalue weighted by Crippen LogP contribution is -2.49. The van der Waals surface area contributed by atoms with Crippen molar-refractivity contribution in [3.05, 3.63) is 106 Å². The zero-order chi connectivity index (χ0) is 26.7. The molecule has 38 heavy (non-hydrogen) atoms. The monoisotopic (exact) mass is 584 g/mol. The number of hydrogen-bond donors (Lipinski definition) is 0. The Hall–Kier alpha value is -2.78. The van der Waals surface area contributed by atoms with Crippen LogP contribution in [0.2, 0.25) is 10.0 Å². The SMILES string of the molecule is O=S(=O)(N=C1c2ccccc2/C(=N/S(=O)(=O)c2ccc(Cl)cc2)C2C3C=CC(CC3)C12)c1ccc(Cl)cc1. The van der Waals surface area contributed by atoms with Crippen LogP contribution in [0, 0.1) is 23.7 Å². The first-order chi connectivity index (χ1) is 18.1. The van der Waals surface area contributed by atoms with Gasteiger partial charge in [-0.05, 0) is 73.2 Å². The number of allylic oxidation sites excluding steroid dienone is 2. The predicted molar refractivity (Wildman–Crippen MR) is 149 cm³/mol. The fourth-order valence-corrected chi connectivity index (χ4v) is 8.21. The number of sulfonamides is 2. The van der Waals surface area contributed by atoms with Crippen molar-refractivity contribution in [2.24, 2.45) is 32.5 Å². The van der Waals surface area contributed by atoms with Crippen molar-refractivity contribution in [1.82, 2.24) is 0 Å². The maximum atomic E-state index is 13.4. The quantitative estimate of drug-likeness (QED) is 0.342. The van der Waals surface area contributed by atoms with Crippen LogP contribution in [0.1, 0.15) is 24.0 Å². The average molecular weight is 586 g/mol. The third-order valence-electron chi connectivity index (χ3n) is 7.52. The van der Waals surface area contributed by atoms with E-state index in [0.29, 0.717) is 32.6 Å². The first kappa shape index (κ1) is 25.5. The van der Waals surface area contributed by atoms with Crippen LogP contribution in [0.15, 0.2) is 104 Å². The van der Waals surface area contributed by atoms with Gasteiger partial charge in [0.15, 0.2) is 0 Å². The third-order valence-corrected chi connectivity index (χ3v) is 10.6. The summed E-state index contributed by atoms with van der Waals surface area (Å²) in [7, 11) is -8.10. The van der Waals surface area contributed by atoms with Gasteiger partial charge in [-0.1, -0.05) is 59.6 Å². The topological polar surface area (TPSA) is 93.0 Å². The number of benzene rings is 3. The van der Waals surface area contributed by atoms with Crippen LogP contribution in [0.3, 0.4) is 0 Å². The van der Waals surface area contributed by atoms with Crippen molar-refractivity contribution in [1.29, 1.82) is 0 Å². The Bertz CT molecular complexity index is 1600. The second-order valence-electron chi connectivity index (χ2n) is 9.70. The van der Waals surface area contributed by atoms with Gasteiger partial charge in [-0.15, -0.1) is 0 Å². The minimum absolute atomic E-state index is 0.0148. The van der Waals surface area contributed by atoms with Gasteiger partial charge in [0.1, 0.15) is 0 Å². The molecular formula is C28H22Cl2N2O4S2. The van der Waals surface area contributed by atoms with Gasteiger partial charge in [0, 0.05) is 33.0 Å². The normalized spacial score (nSPS) is 26.4. The van der Waals surface area contributed by atoms with Crippen LogP contribution in [-0.4, -0.2) is 28.3 Å². The van der Waals surface area contributed by atoms with Gasteiger partial charge in [0.05, 0.1) is 21.2 Å². The minimum atomic E-state index is -4.05. The average Bonchev–Trinajstić information content (AvgIpc) is 2.91. The molecule has 2 bridgehead atoms. The summed E-state index contributed by atoms with van der Waals surface area (Å²) < 4.78 is 62.6. The zero-order valence-corrected chi connectivity index (χ0v) is 23.1. The Morgan fingerprint density at radius 3 is 1.29 bits per heavy atom. The van der Waals surface area contributed by atoms with Gasteiger partial charge in [-0.3, -0.25) is 0 Å². The first-order valence-corrected chi connectivity index (χ1v) is 15.8. The molecule has 0 aromatic heterocycles. The third kappa shape index (κ3) is 4.43. The summed E-state index contributed by atoms with van der Waals surface area (Å²) in [5.41, 5.74) is 2.06. The van der Waals surface area contributed by atoms with E-state index in [9.17, 15) is 16.8 Å². The van der Waals surface area contributed by atoms with Crippen molar-refractivity contribution >= 4 is 54.7 Å². The van der Waals surface area contributed by atoms with Gasteiger partial charge in [0.2, 0.25) is 0 Å². The summed E-state index contributed by atoms with van der Waals surface area (Å²) in [6.45, 7) is 0. The largest absolute Gasteiger partial charge is 0.282 e. The maximum Gasteiger partial charge on any atom is 0.282 e. The maximum absolute atomic E-state index is 13.4. The van der Waals surface area contributed by atoms with E-state index in [0.717, 1.165) is 12.8 Å². The highest BCUT2D eigenvalue weighted by atomic mass is 35.5. The van der Waals surface area contributed by atoms with Crippen molar-refractivity contribution in [3.63, 3.8) is 0 Å². The molecule has 3 aromatic carbocycles. The van der Waals surface area contributed by atoms with Gasteiger partial charge < -0.3 is 0 Å². The van der Waals surface area contributed by atoms with E-state index in [1.165, 1.54) is 48.5 Å². The van der Waals surface area contributed by atoms with Crippen LogP contribution in [0.4, 0.5) is 0 Å². The fraction of sp³-hybridized carbons (Fsp3) is 0.214. The Morgan fingerprint density at radius 2 is 0.947 bits per heavy atom. The zero-order valence-electron chi connectivity index (χ0n) is 19.9. The van der Waals surface area contributed by atoms with E-state index in [-0.39, 0.29) is 33.5 Å². The number of nitrogens with zero attached hydrogens (tertiary/aromatic N) is 2. The Balaban J connectivity index is 1.57. The Kier molecular flexibility index (Phi) is 6.34. The lowest BCUT2D eigenvalue weighted by Gasteiger charge is -2.48. The second-order valence-corrected chi connectivity index (χ2v) is 13.8. The smallest absolute Gasteiger partial charge is 0.199 e. The summed E-state index contributed by atoms with van der Waals surface area (Å²) >= 11 is 11.9. The molecule has 1 saturated carbocycles. The second kappa shape index (κ2) is 9.45. The van der Waals surface area contributed by atoms with E-state index in [2.05, 4.69) is 20.9 Å². The van der Waals surface area contributed by atoms with E-state index >= 15 is 0 Å². The van der Waals surface area contributed by atoms with Crippen LogP contribution >= 0.6 is 23.2 Å². The standard InChI is InChI=1S/C28H22Cl2N2O4S2/c29-19-9-13-21(14-10-19)37(33,34)31-27-23-3-1-2-4-24(23)28(26-18-7-5-17(6-8-18)25(26)27)32-38(35,36)22-15-11-20(30)12-16-22/h1-5,7,9-18,25-26H,6,8H2/b31-27-,32-28?. The highest BCUT2D eigenvalue weighted by molar-refractivity contribution is 7.90. The van der Waals surface area contributed by atoms with Gasteiger partial charge >= 0.3 is 0 Å². The molecule has 3 aromatic rings. The van der Waals surface area contributed by atoms with Crippen LogP contribution in [-0.2, 0) is 20.0 Å². The van der Waals surface area contributed by atoms with E-state index in [1.807, 2.05) is 0 Å². The van der Waals surface area contributed by atoms with E-state index < -0.39 is 20.0 Å². The van der Waals surface area contributed by atoms with Gasteiger partial charge in [0.25, 0.3) is 20.0 Å². The number of hydrogen-bond acceptors (Lipinski definition) is 4. The summed E-state index contributed by atoms with van der Waals surface area (Å²) in [6, 6.07) is 19.0. The molecule has 0 aliphatic heterocycles. The lowest BCUT2D eigenvalue weighted by molar-refractivity contribution is 0.226. The molecule has 0 heterocycles. The van der Waals surface area contributed by atoms with Gasteiger partial charge in [-0.25, -0.2) is 0 Å². The number of halogens is 2. The summed E-state index contributed by atoms with van der Waals surface area (Å²) in [5.74, 6) is -0.619. The molecule has 0 amide bonds. The molecule has 194 valence electrons. The molecule has 0 spiro atoms. The fourth-order valence-electron chi connectivity index (χ4n) is 5.83. The van der Waals surface area contributed by atoms with E-state index in [1.54, 1.807) is 24.3 Å². The van der Waals surface area contributed by atoms with Gasteiger partial charge in [-0.2, -0.15) is 25.6 Å². The lowest BCUT2D eigenvalue weighted by atomic mass is 9.55. The van der Waals surface area contributed by atoms with Crippen LogP contribution < -0.4 is 0 Å².